The Kier molecular flexibility index (Phi) is 5.16. The van der Waals surface area contributed by atoms with Gasteiger partial charge in [0.2, 0.25) is 0 Å². The van der Waals surface area contributed by atoms with Gasteiger partial charge < -0.3 is 0 Å². The minimum atomic E-state index is -3.91. The second kappa shape index (κ2) is 5.88. The average molecular weight is 336 g/mol. The van der Waals surface area contributed by atoms with Crippen LogP contribution < -0.4 is 0 Å². The molecule has 0 N–H and O–H groups in total. The topological polar surface area (TPSA) is 64.8 Å². The second-order valence-electron chi connectivity index (χ2n) is 7.92. The van der Waals surface area contributed by atoms with Gasteiger partial charge in [0, 0.05) is 22.6 Å². The third-order valence-electron chi connectivity index (χ3n) is 3.08. The molecule has 1 aromatic rings. The number of rotatable bonds is 4. The van der Waals surface area contributed by atoms with Crippen molar-refractivity contribution in [1.29, 1.82) is 0 Å². The summed E-state index contributed by atoms with van der Waals surface area (Å²) in [4.78, 5) is 0. The van der Waals surface area contributed by atoms with Crippen LogP contribution in [0.4, 0.5) is 0 Å². The number of hydrogen-bond acceptors (Lipinski definition) is 4. The van der Waals surface area contributed by atoms with E-state index in [-0.39, 0.29) is 10.6 Å². The predicted octanol–water partition coefficient (Wildman–Crippen LogP) is 3.58. The Morgan fingerprint density at radius 2 is 1.67 bits per heavy atom. The summed E-state index contributed by atoms with van der Waals surface area (Å²) in [7, 11) is 1.57. The van der Waals surface area contributed by atoms with Crippen molar-refractivity contribution >= 4 is 19.7 Å². The maximum Gasteiger partial charge on any atom is 0.296 e. The van der Waals surface area contributed by atoms with Crippen molar-refractivity contribution in [3.05, 3.63) is 5.82 Å². The molecule has 0 saturated heterocycles. The molecule has 0 radical (unpaired) electrons. The van der Waals surface area contributed by atoms with Crippen LogP contribution in [-0.4, -0.2) is 23.2 Å². The van der Waals surface area contributed by atoms with Crippen LogP contribution in [-0.2, 0) is 21.0 Å². The molecule has 21 heavy (non-hydrogen) atoms. The van der Waals surface area contributed by atoms with E-state index in [0.717, 1.165) is 6.42 Å². The van der Waals surface area contributed by atoms with Gasteiger partial charge in [-0.05, 0) is 38.5 Å². The molecule has 1 heterocycles. The van der Waals surface area contributed by atoms with E-state index in [4.69, 9.17) is 10.7 Å². The van der Waals surface area contributed by atoms with Crippen molar-refractivity contribution in [1.82, 2.24) is 14.8 Å². The molecule has 1 atom stereocenters. The first-order chi connectivity index (χ1) is 9.22. The maximum absolute atomic E-state index is 11.7. The molecule has 0 amide bonds. The molecule has 5 nitrogen and oxygen atoms in total. The zero-order chi connectivity index (χ0) is 16.6. The molecule has 7 heteroatoms. The third-order valence-corrected chi connectivity index (χ3v) is 4.20. The smallest absolute Gasteiger partial charge is 0.295 e. The highest BCUT2D eigenvalue weighted by molar-refractivity contribution is 8.13. The van der Waals surface area contributed by atoms with Crippen molar-refractivity contribution in [3.63, 3.8) is 0 Å². The largest absolute Gasteiger partial charge is 0.296 e. The molecule has 122 valence electrons. The van der Waals surface area contributed by atoms with Gasteiger partial charge in [-0.25, -0.2) is 8.42 Å². The number of nitrogens with zero attached hydrogens (tertiary/aromatic N) is 3. The van der Waals surface area contributed by atoms with E-state index in [2.05, 4.69) is 37.9 Å². The molecule has 0 bridgehead atoms. The minimum Gasteiger partial charge on any atom is -0.295 e. The Morgan fingerprint density at radius 3 is 2.05 bits per heavy atom. The van der Waals surface area contributed by atoms with Crippen LogP contribution in [0.3, 0.4) is 0 Å². The fraction of sp³-hybridized carbons (Fsp3) is 0.857. The van der Waals surface area contributed by atoms with Gasteiger partial charge in [0.15, 0.2) is 0 Å². The van der Waals surface area contributed by atoms with E-state index < -0.39 is 14.6 Å². The van der Waals surface area contributed by atoms with E-state index in [0.29, 0.717) is 18.2 Å². The molecule has 1 rings (SSSR count). The monoisotopic (exact) mass is 335 g/mol. The molecule has 0 spiro atoms. The van der Waals surface area contributed by atoms with Gasteiger partial charge in [-0.1, -0.05) is 27.7 Å². The van der Waals surface area contributed by atoms with E-state index >= 15 is 0 Å². The molecule has 0 fully saturated rings. The molecule has 0 aliphatic rings. The molecule has 0 aliphatic heterocycles. The van der Waals surface area contributed by atoms with Crippen LogP contribution in [0.2, 0.25) is 0 Å². The summed E-state index contributed by atoms with van der Waals surface area (Å²) >= 11 is 0. The summed E-state index contributed by atoms with van der Waals surface area (Å²) in [6.07, 6.45) is 1.70. The average Bonchev–Trinajstić information content (AvgIpc) is 2.56. The lowest BCUT2D eigenvalue weighted by Gasteiger charge is -2.26. The quantitative estimate of drug-likeness (QED) is 0.789. The van der Waals surface area contributed by atoms with Crippen LogP contribution in [0.1, 0.15) is 60.7 Å². The van der Waals surface area contributed by atoms with Gasteiger partial charge in [0.25, 0.3) is 14.2 Å². The fourth-order valence-corrected chi connectivity index (χ4v) is 3.73. The summed E-state index contributed by atoms with van der Waals surface area (Å²) in [5.74, 6) is 1.04. The Labute approximate surface area is 132 Å². The van der Waals surface area contributed by atoms with Gasteiger partial charge in [0.1, 0.15) is 5.82 Å². The van der Waals surface area contributed by atoms with Crippen molar-refractivity contribution in [3.8, 4) is 0 Å². The van der Waals surface area contributed by atoms with E-state index in [1.54, 1.807) is 4.57 Å². The standard InChI is InChI=1S/C14H26ClN3O2S/c1-10(9-13(2,3)4)8-11-16-17-12(21(15,19)20)18(11)14(5,6)7/h10H,8-9H2,1-7H3. The summed E-state index contributed by atoms with van der Waals surface area (Å²) in [5.41, 5.74) is -0.231. The van der Waals surface area contributed by atoms with E-state index in [1.807, 2.05) is 20.8 Å². The summed E-state index contributed by atoms with van der Waals surface area (Å²) in [5, 5.41) is 7.69. The highest BCUT2D eigenvalue weighted by Crippen LogP contribution is 2.29. The zero-order valence-electron chi connectivity index (χ0n) is 13.9. The van der Waals surface area contributed by atoms with Gasteiger partial charge in [-0.3, -0.25) is 4.57 Å². The highest BCUT2D eigenvalue weighted by atomic mass is 35.7. The molecule has 0 aromatic carbocycles. The number of halogens is 1. The Morgan fingerprint density at radius 1 is 1.14 bits per heavy atom. The summed E-state index contributed by atoms with van der Waals surface area (Å²) in [6, 6.07) is 0. The van der Waals surface area contributed by atoms with Crippen molar-refractivity contribution in [2.75, 3.05) is 0 Å². The van der Waals surface area contributed by atoms with E-state index in [1.165, 1.54) is 0 Å². The normalized spacial score (nSPS) is 15.2. The number of aromatic nitrogens is 3. The van der Waals surface area contributed by atoms with E-state index in [9.17, 15) is 8.42 Å². The highest BCUT2D eigenvalue weighted by Gasteiger charge is 2.30. The lowest BCUT2D eigenvalue weighted by Crippen LogP contribution is -2.28. The molecular formula is C14H26ClN3O2S. The zero-order valence-corrected chi connectivity index (χ0v) is 15.5. The van der Waals surface area contributed by atoms with Gasteiger partial charge in [-0.2, -0.15) is 0 Å². The molecule has 0 aliphatic carbocycles. The second-order valence-corrected chi connectivity index (χ2v) is 10.4. The maximum atomic E-state index is 11.7. The lowest BCUT2D eigenvalue weighted by molar-refractivity contribution is 0.291. The predicted molar refractivity (Wildman–Crippen MR) is 85.0 cm³/mol. The molecule has 1 unspecified atom stereocenters. The van der Waals surface area contributed by atoms with Crippen LogP contribution in [0.25, 0.3) is 0 Å². The molecule has 0 saturated carbocycles. The van der Waals surface area contributed by atoms with Crippen LogP contribution >= 0.6 is 10.7 Å². The minimum absolute atomic E-state index is 0.172. The van der Waals surface area contributed by atoms with Crippen LogP contribution in [0.5, 0.6) is 0 Å². The SMILES string of the molecule is CC(Cc1nnc(S(=O)(=O)Cl)n1C(C)(C)C)CC(C)(C)C. The Bertz CT molecular complexity index is 595. The van der Waals surface area contributed by atoms with Crippen molar-refractivity contribution in [2.45, 2.75) is 72.0 Å². The first kappa shape index (κ1) is 18.4. The Balaban J connectivity index is 3.18. The van der Waals surface area contributed by atoms with Gasteiger partial charge >= 0.3 is 0 Å². The van der Waals surface area contributed by atoms with Gasteiger partial charge in [-0.15, -0.1) is 10.2 Å². The Hall–Kier alpha value is -0.620. The van der Waals surface area contributed by atoms with Crippen molar-refractivity contribution in [2.24, 2.45) is 11.3 Å². The van der Waals surface area contributed by atoms with Gasteiger partial charge in [0.05, 0.1) is 0 Å². The third kappa shape index (κ3) is 5.25. The van der Waals surface area contributed by atoms with Crippen molar-refractivity contribution < 1.29 is 8.42 Å². The van der Waals surface area contributed by atoms with Crippen LogP contribution in [0, 0.1) is 11.3 Å². The first-order valence-corrected chi connectivity index (χ1v) is 9.42. The number of hydrogen-bond donors (Lipinski definition) is 0. The fourth-order valence-electron chi connectivity index (χ4n) is 2.69. The lowest BCUT2D eigenvalue weighted by atomic mass is 9.84. The molecule has 1 aromatic heterocycles. The molecular weight excluding hydrogens is 310 g/mol. The summed E-state index contributed by atoms with van der Waals surface area (Å²) in [6.45, 7) is 14.5. The first-order valence-electron chi connectivity index (χ1n) is 7.11. The summed E-state index contributed by atoms with van der Waals surface area (Å²) < 4.78 is 25.0. The van der Waals surface area contributed by atoms with Crippen LogP contribution in [0.15, 0.2) is 5.16 Å².